The van der Waals surface area contributed by atoms with E-state index in [9.17, 15) is 19.2 Å². The number of nitrogens with zero attached hydrogens (tertiary/aromatic N) is 1. The summed E-state index contributed by atoms with van der Waals surface area (Å²) in [5.41, 5.74) is -1.15. The maximum absolute atomic E-state index is 12.2. The molecule has 39 heavy (non-hydrogen) atoms. The average molecular weight is 558 g/mol. The molecule has 0 radical (unpaired) electrons. The number of hydrogen-bond donors (Lipinski definition) is 2. The zero-order valence-corrected chi connectivity index (χ0v) is 25.4. The predicted molar refractivity (Wildman–Crippen MR) is 147 cm³/mol. The minimum Gasteiger partial charge on any atom is -0.464 e. The fraction of sp³-hybridized carbons (Fsp3) is 0.857. The number of esters is 1. The molecule has 2 aliphatic rings. The summed E-state index contributed by atoms with van der Waals surface area (Å²) in [6, 6.07) is -1.19. The van der Waals surface area contributed by atoms with Crippen molar-refractivity contribution in [2.45, 2.75) is 123 Å². The number of hydroxylamine groups is 2. The van der Waals surface area contributed by atoms with E-state index in [1.165, 1.54) is 27.0 Å². The van der Waals surface area contributed by atoms with Crippen LogP contribution in [0, 0.1) is 11.8 Å². The van der Waals surface area contributed by atoms with Crippen molar-refractivity contribution in [1.29, 1.82) is 0 Å². The van der Waals surface area contributed by atoms with Gasteiger partial charge in [-0.2, -0.15) is 0 Å². The smallest absolute Gasteiger partial charge is 0.408 e. The van der Waals surface area contributed by atoms with E-state index < -0.39 is 35.5 Å². The van der Waals surface area contributed by atoms with Gasteiger partial charge in [0, 0.05) is 7.05 Å². The van der Waals surface area contributed by atoms with Crippen molar-refractivity contribution in [3.05, 3.63) is 0 Å². The highest BCUT2D eigenvalue weighted by atomic mass is 16.7. The van der Waals surface area contributed by atoms with E-state index >= 15 is 0 Å². The summed E-state index contributed by atoms with van der Waals surface area (Å²) >= 11 is 0. The first-order valence-corrected chi connectivity index (χ1v) is 14.0. The third kappa shape index (κ3) is 14.4. The van der Waals surface area contributed by atoms with Crippen molar-refractivity contribution in [2.75, 3.05) is 20.8 Å². The summed E-state index contributed by atoms with van der Waals surface area (Å²) in [6.07, 6.45) is 6.98. The number of nitrogens with one attached hydrogen (secondary N) is 2. The maximum atomic E-state index is 12.2. The van der Waals surface area contributed by atoms with Crippen molar-refractivity contribution >= 4 is 24.1 Å². The second-order valence-electron chi connectivity index (χ2n) is 12.2. The lowest BCUT2D eigenvalue weighted by molar-refractivity contribution is -0.171. The molecule has 2 rings (SSSR count). The summed E-state index contributed by atoms with van der Waals surface area (Å²) in [5, 5.41) is 6.42. The van der Waals surface area contributed by atoms with Gasteiger partial charge in [0.25, 0.3) is 5.91 Å². The molecule has 0 heterocycles. The monoisotopic (exact) mass is 557 g/mol. The molecule has 0 aromatic rings. The second-order valence-corrected chi connectivity index (χ2v) is 12.2. The molecule has 0 saturated heterocycles. The number of alkyl carbamates (subject to hydrolysis) is 2. The number of amides is 3. The van der Waals surface area contributed by atoms with Gasteiger partial charge in [0.15, 0.2) is 0 Å². The van der Waals surface area contributed by atoms with E-state index in [4.69, 9.17) is 19.0 Å². The largest absolute Gasteiger partial charge is 0.464 e. The van der Waals surface area contributed by atoms with Gasteiger partial charge in [-0.1, -0.05) is 38.5 Å². The van der Waals surface area contributed by atoms with Crippen molar-refractivity contribution in [3.63, 3.8) is 0 Å². The lowest BCUT2D eigenvalue weighted by Gasteiger charge is -2.31. The molecule has 226 valence electrons. The van der Waals surface area contributed by atoms with Crippen LogP contribution in [0.4, 0.5) is 9.59 Å². The quantitative estimate of drug-likeness (QED) is 0.224. The molecule has 2 unspecified atom stereocenters. The molecule has 2 saturated carbocycles. The second kappa shape index (κ2) is 15.9. The van der Waals surface area contributed by atoms with Gasteiger partial charge >= 0.3 is 18.2 Å². The number of carbonyl (C=O) groups excluding carboxylic acids is 4. The summed E-state index contributed by atoms with van der Waals surface area (Å²) in [4.78, 5) is 52.5. The van der Waals surface area contributed by atoms with Crippen LogP contribution in [-0.4, -0.2) is 73.2 Å². The molecule has 0 spiro atoms. The zero-order valence-electron chi connectivity index (χ0n) is 25.4. The number of hydrogen-bond acceptors (Lipinski definition) is 8. The zero-order chi connectivity index (χ0) is 29.8. The van der Waals surface area contributed by atoms with E-state index in [0.717, 1.165) is 30.7 Å². The first kappa shape index (κ1) is 34.5. The van der Waals surface area contributed by atoms with Gasteiger partial charge in [0.1, 0.15) is 23.3 Å². The molecular weight excluding hydrogens is 506 g/mol. The molecule has 11 heteroatoms. The molecular formula is C28H51N3O8. The summed E-state index contributed by atoms with van der Waals surface area (Å²) in [7, 11) is 2.96. The van der Waals surface area contributed by atoms with Crippen LogP contribution in [0.25, 0.3) is 0 Å². The summed E-state index contributed by atoms with van der Waals surface area (Å²) in [5.74, 6) is 0.360. The fourth-order valence-electron chi connectivity index (χ4n) is 4.01. The lowest BCUT2D eigenvalue weighted by Crippen LogP contribution is -2.49. The van der Waals surface area contributed by atoms with Crippen LogP contribution in [0.15, 0.2) is 0 Å². The average Bonchev–Trinajstić information content (AvgIpc) is 2.73. The van der Waals surface area contributed by atoms with Gasteiger partial charge in [-0.25, -0.2) is 19.4 Å². The van der Waals surface area contributed by atoms with Gasteiger partial charge in [-0.05, 0) is 73.1 Å². The first-order valence-electron chi connectivity index (χ1n) is 14.0. The van der Waals surface area contributed by atoms with Crippen molar-refractivity contribution in [3.8, 4) is 0 Å². The van der Waals surface area contributed by atoms with E-state index in [0.29, 0.717) is 31.3 Å². The van der Waals surface area contributed by atoms with E-state index in [1.54, 1.807) is 48.5 Å². The van der Waals surface area contributed by atoms with Crippen LogP contribution in [0.1, 0.15) is 99.8 Å². The highest BCUT2D eigenvalue weighted by Crippen LogP contribution is 2.31. The van der Waals surface area contributed by atoms with Crippen LogP contribution < -0.4 is 10.6 Å². The van der Waals surface area contributed by atoms with Crippen LogP contribution >= 0.6 is 0 Å². The molecule has 0 aliphatic heterocycles. The number of ether oxygens (including phenoxy) is 3. The Morgan fingerprint density at radius 3 is 1.54 bits per heavy atom. The summed E-state index contributed by atoms with van der Waals surface area (Å²) < 4.78 is 15.4. The van der Waals surface area contributed by atoms with Gasteiger partial charge < -0.3 is 24.8 Å². The van der Waals surface area contributed by atoms with Crippen LogP contribution in [0.2, 0.25) is 0 Å². The van der Waals surface area contributed by atoms with Crippen molar-refractivity contribution in [2.24, 2.45) is 11.8 Å². The molecule has 2 N–H and O–H groups in total. The Morgan fingerprint density at radius 2 is 1.21 bits per heavy atom. The summed E-state index contributed by atoms with van der Waals surface area (Å²) in [6.45, 7) is 12.8. The van der Waals surface area contributed by atoms with Gasteiger partial charge in [0.05, 0.1) is 13.7 Å². The highest BCUT2D eigenvalue weighted by molar-refractivity contribution is 5.85. The molecule has 0 aromatic carbocycles. The number of carbonyl (C=O) groups is 4. The molecule has 2 fully saturated rings. The lowest BCUT2D eigenvalue weighted by atomic mass is 9.80. The minimum absolute atomic E-state index is 0.259. The Bertz CT molecular complexity index is 798. The maximum Gasteiger partial charge on any atom is 0.408 e. The molecule has 11 nitrogen and oxygen atoms in total. The standard InChI is InChI=1S/C14H26N2O4.C14H25NO4/c1-14(2,3)20-13(18)15-11(9-10-7-6-8-10)12(17)16(4)19-5;1-5-18-12(16)11(9-10-7-6-8-10)15-13(17)19-14(2,3)4/h10-11H,6-9H2,1-5H3,(H,15,18);10-11H,5-9H2,1-4H3,(H,15,17). The van der Waals surface area contributed by atoms with Crippen LogP contribution in [0.5, 0.6) is 0 Å². The van der Waals surface area contributed by atoms with Crippen LogP contribution in [0.3, 0.4) is 0 Å². The predicted octanol–water partition coefficient (Wildman–Crippen LogP) is 4.72. The van der Waals surface area contributed by atoms with Gasteiger partial charge in [-0.15, -0.1) is 0 Å². The van der Waals surface area contributed by atoms with Gasteiger partial charge in [-0.3, -0.25) is 9.63 Å². The normalized spacial score (nSPS) is 17.2. The van der Waals surface area contributed by atoms with E-state index in [1.807, 2.05) is 0 Å². The Kier molecular flexibility index (Phi) is 14.0. The molecule has 2 atom stereocenters. The molecule has 3 amide bonds. The number of rotatable bonds is 10. The SMILES string of the molecule is CCOC(=O)C(CC1CCC1)NC(=O)OC(C)(C)C.CON(C)C(=O)C(CC1CCC1)NC(=O)OC(C)(C)C. The number of likely N-dealkylation sites (N-methyl/N-ethyl adjacent to an activating group) is 1. The Balaban J connectivity index is 0.000000391. The van der Waals surface area contributed by atoms with Crippen LogP contribution in [-0.2, 0) is 28.6 Å². The molecule has 0 bridgehead atoms. The van der Waals surface area contributed by atoms with E-state index in [-0.39, 0.29) is 11.9 Å². The van der Waals surface area contributed by atoms with Gasteiger partial charge in [0.2, 0.25) is 0 Å². The minimum atomic E-state index is -0.597. The Labute approximate surface area is 234 Å². The third-order valence-corrected chi connectivity index (χ3v) is 6.42. The Morgan fingerprint density at radius 1 is 0.795 bits per heavy atom. The fourth-order valence-corrected chi connectivity index (χ4v) is 4.01. The van der Waals surface area contributed by atoms with Crippen molar-refractivity contribution < 1.29 is 38.2 Å². The topological polar surface area (TPSA) is 132 Å². The first-order chi connectivity index (χ1) is 18.0. The molecule has 0 aromatic heterocycles. The Hall–Kier alpha value is -2.56. The third-order valence-electron chi connectivity index (χ3n) is 6.42. The van der Waals surface area contributed by atoms with Crippen molar-refractivity contribution in [1.82, 2.24) is 15.7 Å². The molecule has 2 aliphatic carbocycles. The van der Waals surface area contributed by atoms with E-state index in [2.05, 4.69) is 10.6 Å². The highest BCUT2D eigenvalue weighted by Gasteiger charge is 2.32.